The Hall–Kier alpha value is -3.02. The molecule has 162 valence electrons. The molecule has 0 radical (unpaired) electrons. The molecule has 0 bridgehead atoms. The number of carbonyl (C=O) groups is 2. The third-order valence-electron chi connectivity index (χ3n) is 4.62. The van der Waals surface area contributed by atoms with Crippen LogP contribution in [0, 0.1) is 6.92 Å². The number of ether oxygens (including phenoxy) is 2. The molecule has 2 aromatic carbocycles. The molecule has 1 atom stereocenters. The van der Waals surface area contributed by atoms with E-state index in [1.807, 2.05) is 76.2 Å². The van der Waals surface area contributed by atoms with Crippen molar-refractivity contribution in [3.63, 3.8) is 0 Å². The molecular formula is C24H32N2O4. The van der Waals surface area contributed by atoms with E-state index in [0.29, 0.717) is 12.3 Å². The van der Waals surface area contributed by atoms with Crippen LogP contribution in [-0.2, 0) is 16.1 Å². The highest BCUT2D eigenvalue weighted by atomic mass is 16.5. The second-order valence-corrected chi connectivity index (χ2v) is 8.34. The van der Waals surface area contributed by atoms with Crippen LogP contribution < -0.4 is 14.8 Å². The second kappa shape index (κ2) is 10.1. The molecule has 0 spiro atoms. The molecule has 2 aromatic rings. The highest BCUT2D eigenvalue weighted by molar-refractivity contribution is 5.88. The summed E-state index contributed by atoms with van der Waals surface area (Å²) in [6.45, 7) is 9.54. The van der Waals surface area contributed by atoms with Crippen LogP contribution in [0.1, 0.15) is 38.8 Å². The van der Waals surface area contributed by atoms with Gasteiger partial charge in [0.1, 0.15) is 17.5 Å². The first-order valence-corrected chi connectivity index (χ1v) is 10.0. The molecule has 1 N–H and O–H groups in total. The number of hydrogen-bond acceptors (Lipinski definition) is 4. The van der Waals surface area contributed by atoms with Crippen molar-refractivity contribution in [2.75, 3.05) is 13.7 Å². The van der Waals surface area contributed by atoms with E-state index in [2.05, 4.69) is 5.32 Å². The number of aryl methyl sites for hydroxylation is 1. The minimum atomic E-state index is -0.653. The van der Waals surface area contributed by atoms with Crippen molar-refractivity contribution in [2.45, 2.75) is 52.7 Å². The van der Waals surface area contributed by atoms with Crippen molar-refractivity contribution in [3.05, 3.63) is 59.7 Å². The van der Waals surface area contributed by atoms with Crippen LogP contribution in [0.3, 0.4) is 0 Å². The number of hydrogen-bond donors (Lipinski definition) is 1. The first-order chi connectivity index (χ1) is 14.1. The molecule has 0 aliphatic heterocycles. The summed E-state index contributed by atoms with van der Waals surface area (Å²) in [5, 5.41) is 2.95. The van der Waals surface area contributed by atoms with Gasteiger partial charge in [-0.2, -0.15) is 0 Å². The summed E-state index contributed by atoms with van der Waals surface area (Å²) in [5.74, 6) is 0.922. The van der Waals surface area contributed by atoms with E-state index in [0.717, 1.165) is 16.9 Å². The van der Waals surface area contributed by atoms with Crippen LogP contribution in [0.2, 0.25) is 0 Å². The fourth-order valence-electron chi connectivity index (χ4n) is 2.93. The first-order valence-electron chi connectivity index (χ1n) is 10.0. The van der Waals surface area contributed by atoms with E-state index in [1.54, 1.807) is 18.9 Å². The summed E-state index contributed by atoms with van der Waals surface area (Å²) in [5.41, 5.74) is 1.46. The number of methoxy groups -OCH3 is 1. The minimum absolute atomic E-state index is 0.145. The third kappa shape index (κ3) is 6.79. The van der Waals surface area contributed by atoms with Gasteiger partial charge in [0.05, 0.1) is 7.11 Å². The first kappa shape index (κ1) is 23.3. The van der Waals surface area contributed by atoms with Crippen molar-refractivity contribution in [2.24, 2.45) is 0 Å². The van der Waals surface area contributed by atoms with Gasteiger partial charge in [-0.1, -0.05) is 30.3 Å². The molecule has 0 saturated carbocycles. The van der Waals surface area contributed by atoms with E-state index in [-0.39, 0.29) is 18.4 Å². The molecular weight excluding hydrogens is 380 g/mol. The Kier molecular flexibility index (Phi) is 7.86. The van der Waals surface area contributed by atoms with E-state index in [9.17, 15) is 9.59 Å². The molecule has 0 heterocycles. The maximum Gasteiger partial charge on any atom is 0.261 e. The van der Waals surface area contributed by atoms with Gasteiger partial charge in [0.15, 0.2) is 6.61 Å². The number of para-hydroxylation sites is 1. The van der Waals surface area contributed by atoms with E-state index >= 15 is 0 Å². The fourth-order valence-corrected chi connectivity index (χ4v) is 2.93. The van der Waals surface area contributed by atoms with Gasteiger partial charge in [-0.15, -0.1) is 0 Å². The SMILES string of the molecule is COc1ccc(CN(C(=O)COc2ccccc2C)C(C)C(=O)NC(C)(C)C)cc1. The van der Waals surface area contributed by atoms with Crippen LogP contribution in [0.25, 0.3) is 0 Å². The van der Waals surface area contributed by atoms with Crippen LogP contribution in [0.15, 0.2) is 48.5 Å². The Morgan fingerprint density at radius 3 is 2.27 bits per heavy atom. The summed E-state index contributed by atoms with van der Waals surface area (Å²) in [6, 6.07) is 14.3. The molecule has 30 heavy (non-hydrogen) atoms. The van der Waals surface area contributed by atoms with Crippen LogP contribution in [0.4, 0.5) is 0 Å². The zero-order valence-corrected chi connectivity index (χ0v) is 18.7. The zero-order chi connectivity index (χ0) is 22.3. The summed E-state index contributed by atoms with van der Waals surface area (Å²) in [7, 11) is 1.60. The van der Waals surface area contributed by atoms with Gasteiger partial charge in [-0.3, -0.25) is 9.59 Å². The van der Waals surface area contributed by atoms with Gasteiger partial charge in [-0.25, -0.2) is 0 Å². The molecule has 0 fully saturated rings. The predicted molar refractivity (Wildman–Crippen MR) is 118 cm³/mol. The standard InChI is InChI=1S/C24H32N2O4/c1-17-9-7-8-10-21(17)30-16-22(27)26(18(2)23(28)25-24(3,4)5)15-19-11-13-20(29-6)14-12-19/h7-14,18H,15-16H2,1-6H3,(H,25,28). The lowest BCUT2D eigenvalue weighted by Crippen LogP contribution is -2.53. The third-order valence-corrected chi connectivity index (χ3v) is 4.62. The molecule has 2 rings (SSSR count). The Bertz CT molecular complexity index is 856. The summed E-state index contributed by atoms with van der Waals surface area (Å²) >= 11 is 0. The van der Waals surface area contributed by atoms with Crippen molar-refractivity contribution < 1.29 is 19.1 Å². The second-order valence-electron chi connectivity index (χ2n) is 8.34. The molecule has 6 heteroatoms. The van der Waals surface area contributed by atoms with Gasteiger partial charge < -0.3 is 19.7 Å². The van der Waals surface area contributed by atoms with Crippen LogP contribution >= 0.6 is 0 Å². The highest BCUT2D eigenvalue weighted by Crippen LogP contribution is 2.18. The lowest BCUT2D eigenvalue weighted by molar-refractivity contribution is -0.142. The molecule has 0 aliphatic rings. The topological polar surface area (TPSA) is 67.9 Å². The fraction of sp³-hybridized carbons (Fsp3) is 0.417. The van der Waals surface area contributed by atoms with Gasteiger partial charge in [0.2, 0.25) is 5.91 Å². The molecule has 0 aromatic heterocycles. The minimum Gasteiger partial charge on any atom is -0.497 e. The highest BCUT2D eigenvalue weighted by Gasteiger charge is 2.28. The van der Waals surface area contributed by atoms with Gasteiger partial charge >= 0.3 is 0 Å². The van der Waals surface area contributed by atoms with Gasteiger partial charge in [0, 0.05) is 12.1 Å². The number of nitrogens with one attached hydrogen (secondary N) is 1. The van der Waals surface area contributed by atoms with Crippen molar-refractivity contribution in [1.29, 1.82) is 0 Å². The molecule has 0 saturated heterocycles. The quantitative estimate of drug-likeness (QED) is 0.718. The number of benzene rings is 2. The van der Waals surface area contributed by atoms with Gasteiger partial charge in [-0.05, 0) is 63.9 Å². The predicted octanol–water partition coefficient (Wildman–Crippen LogP) is 3.71. The monoisotopic (exact) mass is 412 g/mol. The largest absolute Gasteiger partial charge is 0.497 e. The maximum absolute atomic E-state index is 13.1. The lowest BCUT2D eigenvalue weighted by Gasteiger charge is -2.31. The Morgan fingerprint density at radius 1 is 1.07 bits per heavy atom. The summed E-state index contributed by atoms with van der Waals surface area (Å²) < 4.78 is 10.9. The number of amides is 2. The number of nitrogens with zero attached hydrogens (tertiary/aromatic N) is 1. The molecule has 6 nitrogen and oxygen atoms in total. The average molecular weight is 413 g/mol. The van der Waals surface area contributed by atoms with E-state index in [1.165, 1.54) is 0 Å². The Morgan fingerprint density at radius 2 is 1.70 bits per heavy atom. The Balaban J connectivity index is 2.18. The summed E-state index contributed by atoms with van der Waals surface area (Å²) in [4.78, 5) is 27.4. The van der Waals surface area contributed by atoms with Gasteiger partial charge in [0.25, 0.3) is 5.91 Å². The smallest absolute Gasteiger partial charge is 0.261 e. The average Bonchev–Trinajstić information content (AvgIpc) is 2.70. The number of rotatable bonds is 8. The molecule has 1 unspecified atom stereocenters. The van der Waals surface area contributed by atoms with E-state index in [4.69, 9.17) is 9.47 Å². The van der Waals surface area contributed by atoms with Crippen LogP contribution in [-0.4, -0.2) is 42.0 Å². The molecule has 2 amide bonds. The van der Waals surface area contributed by atoms with Crippen molar-refractivity contribution in [1.82, 2.24) is 10.2 Å². The number of carbonyl (C=O) groups excluding carboxylic acids is 2. The normalized spacial score (nSPS) is 12.1. The van der Waals surface area contributed by atoms with E-state index < -0.39 is 11.6 Å². The van der Waals surface area contributed by atoms with Crippen molar-refractivity contribution >= 4 is 11.8 Å². The lowest BCUT2D eigenvalue weighted by atomic mass is 10.1. The van der Waals surface area contributed by atoms with Crippen LogP contribution in [0.5, 0.6) is 11.5 Å². The maximum atomic E-state index is 13.1. The Labute approximate surface area is 179 Å². The van der Waals surface area contributed by atoms with Crippen molar-refractivity contribution in [3.8, 4) is 11.5 Å². The summed E-state index contributed by atoms with van der Waals surface area (Å²) in [6.07, 6.45) is 0. The zero-order valence-electron chi connectivity index (χ0n) is 18.7. The molecule has 0 aliphatic carbocycles.